The smallest absolute Gasteiger partial charge is 0.0972 e. The highest BCUT2D eigenvalue weighted by Gasteiger charge is 2.01. The molecule has 0 aliphatic heterocycles. The average molecular weight is 219 g/mol. The molecule has 1 atom stereocenters. The molecule has 0 aromatic heterocycles. The van der Waals surface area contributed by atoms with Crippen LogP contribution in [-0.4, -0.2) is 29.6 Å². The third-order valence-electron chi connectivity index (χ3n) is 2.72. The van der Waals surface area contributed by atoms with Gasteiger partial charge in [-0.3, -0.25) is 0 Å². The first-order chi connectivity index (χ1) is 7.77. The molecular formula is C14H21NO. The molecule has 0 aliphatic rings. The standard InChI is InChI=1S/C14H21NO/c1-3-15(4-2)12-8-11-14(16)13-9-6-5-7-10-13/h5-11,14,16H,3-4,12H2,1-2H3. The van der Waals surface area contributed by atoms with E-state index in [4.69, 9.17) is 0 Å². The van der Waals surface area contributed by atoms with Gasteiger partial charge >= 0.3 is 0 Å². The Balaban J connectivity index is 2.45. The first-order valence-corrected chi connectivity index (χ1v) is 5.90. The van der Waals surface area contributed by atoms with E-state index in [2.05, 4.69) is 18.7 Å². The molecule has 1 aromatic rings. The maximum Gasteiger partial charge on any atom is 0.0972 e. The summed E-state index contributed by atoms with van der Waals surface area (Å²) in [4.78, 5) is 2.30. The second-order valence-corrected chi connectivity index (χ2v) is 3.77. The van der Waals surface area contributed by atoms with Crippen molar-refractivity contribution in [3.63, 3.8) is 0 Å². The molecule has 0 amide bonds. The fourth-order valence-corrected chi connectivity index (χ4v) is 1.58. The summed E-state index contributed by atoms with van der Waals surface area (Å²) >= 11 is 0. The molecule has 2 heteroatoms. The first-order valence-electron chi connectivity index (χ1n) is 5.90. The lowest BCUT2D eigenvalue weighted by molar-refractivity contribution is 0.227. The molecule has 0 aliphatic carbocycles. The van der Waals surface area contributed by atoms with Gasteiger partial charge in [-0.15, -0.1) is 0 Å². The van der Waals surface area contributed by atoms with Crippen molar-refractivity contribution in [1.82, 2.24) is 4.90 Å². The summed E-state index contributed by atoms with van der Waals surface area (Å²) in [5.74, 6) is 0. The molecule has 1 rings (SSSR count). The molecule has 0 spiro atoms. The van der Waals surface area contributed by atoms with Gasteiger partial charge in [-0.1, -0.05) is 56.3 Å². The van der Waals surface area contributed by atoms with Gasteiger partial charge in [-0.2, -0.15) is 0 Å². The van der Waals surface area contributed by atoms with Gasteiger partial charge < -0.3 is 10.0 Å². The summed E-state index contributed by atoms with van der Waals surface area (Å²) in [6, 6.07) is 9.71. The number of hydrogen-bond acceptors (Lipinski definition) is 2. The van der Waals surface area contributed by atoms with Crippen molar-refractivity contribution < 1.29 is 5.11 Å². The predicted octanol–water partition coefficient (Wildman–Crippen LogP) is 2.62. The minimum atomic E-state index is -0.489. The van der Waals surface area contributed by atoms with E-state index in [1.165, 1.54) is 0 Å². The largest absolute Gasteiger partial charge is 0.384 e. The zero-order chi connectivity index (χ0) is 11.8. The van der Waals surface area contributed by atoms with Gasteiger partial charge in [0.05, 0.1) is 6.10 Å². The summed E-state index contributed by atoms with van der Waals surface area (Å²) in [5, 5.41) is 9.87. The van der Waals surface area contributed by atoms with E-state index < -0.39 is 6.10 Å². The van der Waals surface area contributed by atoms with E-state index in [-0.39, 0.29) is 0 Å². The van der Waals surface area contributed by atoms with Crippen LogP contribution in [0.3, 0.4) is 0 Å². The predicted molar refractivity (Wildman–Crippen MR) is 68.3 cm³/mol. The third kappa shape index (κ3) is 4.17. The van der Waals surface area contributed by atoms with Crippen molar-refractivity contribution in [2.75, 3.05) is 19.6 Å². The monoisotopic (exact) mass is 219 g/mol. The van der Waals surface area contributed by atoms with Gasteiger partial charge in [-0.25, -0.2) is 0 Å². The SMILES string of the molecule is CCN(CC)CC=CC(O)c1ccccc1. The van der Waals surface area contributed by atoms with Crippen molar-refractivity contribution in [1.29, 1.82) is 0 Å². The zero-order valence-corrected chi connectivity index (χ0v) is 10.1. The molecule has 2 nitrogen and oxygen atoms in total. The van der Waals surface area contributed by atoms with Crippen LogP contribution in [0.4, 0.5) is 0 Å². The van der Waals surface area contributed by atoms with Crippen molar-refractivity contribution in [2.24, 2.45) is 0 Å². The van der Waals surface area contributed by atoms with Crippen LogP contribution in [0.15, 0.2) is 42.5 Å². The van der Waals surface area contributed by atoms with E-state index in [1.807, 2.05) is 42.5 Å². The number of nitrogens with zero attached hydrogens (tertiary/aromatic N) is 1. The average Bonchev–Trinajstić information content (AvgIpc) is 2.35. The maximum atomic E-state index is 9.87. The summed E-state index contributed by atoms with van der Waals surface area (Å²) in [5.41, 5.74) is 0.943. The lowest BCUT2D eigenvalue weighted by Gasteiger charge is -2.15. The quantitative estimate of drug-likeness (QED) is 0.743. The number of aliphatic hydroxyl groups excluding tert-OH is 1. The third-order valence-corrected chi connectivity index (χ3v) is 2.72. The van der Waals surface area contributed by atoms with E-state index in [1.54, 1.807) is 0 Å². The van der Waals surface area contributed by atoms with Crippen LogP contribution >= 0.6 is 0 Å². The van der Waals surface area contributed by atoms with E-state index in [0.717, 1.165) is 25.2 Å². The fourth-order valence-electron chi connectivity index (χ4n) is 1.58. The molecule has 0 saturated carbocycles. The molecule has 1 unspecified atom stereocenters. The second kappa shape index (κ2) is 7.20. The highest BCUT2D eigenvalue weighted by Crippen LogP contribution is 2.12. The van der Waals surface area contributed by atoms with Crippen LogP contribution in [0.2, 0.25) is 0 Å². The Hall–Kier alpha value is -1.12. The summed E-state index contributed by atoms with van der Waals surface area (Å²) in [6.45, 7) is 7.28. The summed E-state index contributed by atoms with van der Waals surface area (Å²) in [7, 11) is 0. The highest BCUT2D eigenvalue weighted by molar-refractivity contribution is 5.20. The van der Waals surface area contributed by atoms with Crippen molar-refractivity contribution in [3.8, 4) is 0 Å². The Labute approximate surface area is 98.2 Å². The molecule has 0 saturated heterocycles. The molecule has 0 radical (unpaired) electrons. The fraction of sp³-hybridized carbons (Fsp3) is 0.429. The van der Waals surface area contributed by atoms with Crippen LogP contribution in [-0.2, 0) is 0 Å². The number of rotatable bonds is 6. The van der Waals surface area contributed by atoms with Crippen molar-refractivity contribution in [3.05, 3.63) is 48.0 Å². The Morgan fingerprint density at radius 2 is 1.81 bits per heavy atom. The van der Waals surface area contributed by atoms with Gasteiger partial charge in [0.1, 0.15) is 0 Å². The minimum absolute atomic E-state index is 0.489. The van der Waals surface area contributed by atoms with E-state index in [9.17, 15) is 5.11 Å². The van der Waals surface area contributed by atoms with Crippen LogP contribution in [0.1, 0.15) is 25.5 Å². The second-order valence-electron chi connectivity index (χ2n) is 3.77. The Morgan fingerprint density at radius 1 is 1.19 bits per heavy atom. The number of aliphatic hydroxyl groups is 1. The van der Waals surface area contributed by atoms with E-state index in [0.29, 0.717) is 0 Å². The molecule has 0 heterocycles. The van der Waals surface area contributed by atoms with Gasteiger partial charge in [-0.05, 0) is 18.7 Å². The molecular weight excluding hydrogens is 198 g/mol. The Kier molecular flexibility index (Phi) is 5.83. The number of likely N-dealkylation sites (N-methyl/N-ethyl adjacent to an activating group) is 1. The van der Waals surface area contributed by atoms with Gasteiger partial charge in [0.2, 0.25) is 0 Å². The number of hydrogen-bond donors (Lipinski definition) is 1. The van der Waals surface area contributed by atoms with Crippen LogP contribution in [0.25, 0.3) is 0 Å². The van der Waals surface area contributed by atoms with Crippen molar-refractivity contribution >= 4 is 0 Å². The lowest BCUT2D eigenvalue weighted by atomic mass is 10.1. The summed E-state index contributed by atoms with van der Waals surface area (Å²) in [6.07, 6.45) is 3.40. The van der Waals surface area contributed by atoms with E-state index >= 15 is 0 Å². The van der Waals surface area contributed by atoms with Crippen LogP contribution in [0.5, 0.6) is 0 Å². The Morgan fingerprint density at radius 3 is 2.38 bits per heavy atom. The zero-order valence-electron chi connectivity index (χ0n) is 10.1. The highest BCUT2D eigenvalue weighted by atomic mass is 16.3. The van der Waals surface area contributed by atoms with Gasteiger partial charge in [0.25, 0.3) is 0 Å². The molecule has 1 N–H and O–H groups in total. The first kappa shape index (κ1) is 12.9. The van der Waals surface area contributed by atoms with Crippen molar-refractivity contribution in [2.45, 2.75) is 20.0 Å². The molecule has 0 fully saturated rings. The molecule has 16 heavy (non-hydrogen) atoms. The molecule has 88 valence electrons. The van der Waals surface area contributed by atoms with Crippen LogP contribution in [0, 0.1) is 0 Å². The summed E-state index contributed by atoms with van der Waals surface area (Å²) < 4.78 is 0. The van der Waals surface area contributed by atoms with Gasteiger partial charge in [0, 0.05) is 6.54 Å². The molecule has 1 aromatic carbocycles. The molecule has 0 bridgehead atoms. The minimum Gasteiger partial charge on any atom is -0.384 e. The van der Waals surface area contributed by atoms with Crippen LogP contribution < -0.4 is 0 Å². The Bertz CT molecular complexity index is 304. The normalized spacial score (nSPS) is 13.5. The number of benzene rings is 1. The topological polar surface area (TPSA) is 23.5 Å². The van der Waals surface area contributed by atoms with Gasteiger partial charge in [0.15, 0.2) is 0 Å². The maximum absolute atomic E-state index is 9.87. The lowest BCUT2D eigenvalue weighted by Crippen LogP contribution is -2.22.